The molecule has 0 aromatic heterocycles. The van der Waals surface area contributed by atoms with E-state index in [1.54, 1.807) is 0 Å². The second kappa shape index (κ2) is 4.79. The zero-order valence-corrected chi connectivity index (χ0v) is 6.79. The number of rotatable bonds is 2. The number of hydrogen-bond acceptors (Lipinski definition) is 0. The molecular formula is C11H14. The third-order valence-electron chi connectivity index (χ3n) is 1.91. The van der Waals surface area contributed by atoms with E-state index in [0.717, 1.165) is 6.42 Å². The van der Waals surface area contributed by atoms with Gasteiger partial charge < -0.3 is 0 Å². The Balaban J connectivity index is 2.31. The minimum absolute atomic E-state index is 0.650. The van der Waals surface area contributed by atoms with Crippen molar-refractivity contribution in [2.75, 3.05) is 0 Å². The molecule has 1 unspecified atom stereocenters. The highest BCUT2D eigenvalue weighted by molar-refractivity contribution is 5.06. The van der Waals surface area contributed by atoms with Crippen LogP contribution in [0.25, 0.3) is 0 Å². The van der Waals surface area contributed by atoms with Crippen LogP contribution in [-0.2, 0) is 0 Å². The van der Waals surface area contributed by atoms with Crippen LogP contribution >= 0.6 is 0 Å². The highest BCUT2D eigenvalue weighted by Crippen LogP contribution is 2.17. The van der Waals surface area contributed by atoms with Gasteiger partial charge in [-0.15, -0.1) is 12.3 Å². The third kappa shape index (κ3) is 3.09. The summed E-state index contributed by atoms with van der Waals surface area (Å²) in [6.45, 7) is 0. The van der Waals surface area contributed by atoms with E-state index < -0.39 is 0 Å². The quantitative estimate of drug-likeness (QED) is 0.415. The zero-order chi connectivity index (χ0) is 7.94. The van der Waals surface area contributed by atoms with E-state index in [1.165, 1.54) is 19.3 Å². The number of hydrogen-bond donors (Lipinski definition) is 0. The summed E-state index contributed by atoms with van der Waals surface area (Å²) in [7, 11) is 0. The van der Waals surface area contributed by atoms with Gasteiger partial charge in [0.15, 0.2) is 0 Å². The maximum Gasteiger partial charge on any atom is 0.0267 e. The highest BCUT2D eigenvalue weighted by atomic mass is 14.1. The first-order chi connectivity index (χ1) is 5.43. The Bertz CT molecular complexity index is 191. The summed E-state index contributed by atoms with van der Waals surface area (Å²) in [6, 6.07) is 0. The molecule has 0 bridgehead atoms. The van der Waals surface area contributed by atoms with Gasteiger partial charge in [0.2, 0.25) is 0 Å². The predicted octanol–water partition coefficient (Wildman–Crippen LogP) is 2.92. The molecule has 0 heterocycles. The Morgan fingerprint density at radius 3 is 3.18 bits per heavy atom. The van der Waals surface area contributed by atoms with Gasteiger partial charge in [-0.25, -0.2) is 0 Å². The Morgan fingerprint density at radius 2 is 2.55 bits per heavy atom. The lowest BCUT2D eigenvalue weighted by Gasteiger charge is -2.10. The van der Waals surface area contributed by atoms with Gasteiger partial charge in [0.1, 0.15) is 0 Å². The van der Waals surface area contributed by atoms with Crippen molar-refractivity contribution in [3.8, 4) is 12.3 Å². The minimum atomic E-state index is 0.650. The predicted molar refractivity (Wildman–Crippen MR) is 49.1 cm³/mol. The van der Waals surface area contributed by atoms with Gasteiger partial charge in [-0.05, 0) is 25.2 Å². The van der Waals surface area contributed by atoms with Crippen molar-refractivity contribution in [3.63, 3.8) is 0 Å². The van der Waals surface area contributed by atoms with E-state index in [0.29, 0.717) is 5.92 Å². The summed E-state index contributed by atoms with van der Waals surface area (Å²) in [6.07, 6.45) is 18.6. The van der Waals surface area contributed by atoms with E-state index in [-0.39, 0.29) is 0 Å². The Kier molecular flexibility index (Phi) is 3.55. The molecule has 11 heavy (non-hydrogen) atoms. The smallest absolute Gasteiger partial charge is 0.0267 e. The molecule has 1 rings (SSSR count). The van der Waals surface area contributed by atoms with Crippen LogP contribution in [0.3, 0.4) is 0 Å². The lowest BCUT2D eigenvalue weighted by molar-refractivity contribution is 0.630. The van der Waals surface area contributed by atoms with Gasteiger partial charge in [0.05, 0.1) is 0 Å². The Hall–Kier alpha value is -0.960. The first-order valence-corrected chi connectivity index (χ1v) is 4.20. The van der Waals surface area contributed by atoms with Crippen molar-refractivity contribution in [2.45, 2.75) is 25.7 Å². The molecular weight excluding hydrogens is 132 g/mol. The fraction of sp³-hybridized carbons (Fsp3) is 0.455. The van der Waals surface area contributed by atoms with Gasteiger partial charge in [0.25, 0.3) is 0 Å². The first kappa shape index (κ1) is 8.14. The number of allylic oxidation sites excluding steroid dienone is 4. The van der Waals surface area contributed by atoms with E-state index in [1.807, 2.05) is 0 Å². The maximum absolute atomic E-state index is 5.12. The van der Waals surface area contributed by atoms with Crippen molar-refractivity contribution in [2.24, 2.45) is 5.92 Å². The second-order valence-corrected chi connectivity index (χ2v) is 2.86. The molecule has 0 saturated heterocycles. The van der Waals surface area contributed by atoms with Crippen LogP contribution in [-0.4, -0.2) is 0 Å². The molecule has 0 fully saturated rings. The van der Waals surface area contributed by atoms with Gasteiger partial charge in [0, 0.05) is 6.42 Å². The summed E-state index contributed by atoms with van der Waals surface area (Å²) >= 11 is 0. The molecule has 0 nitrogen and oxygen atoms in total. The molecule has 0 amide bonds. The third-order valence-corrected chi connectivity index (χ3v) is 1.91. The van der Waals surface area contributed by atoms with Gasteiger partial charge in [-0.3, -0.25) is 0 Å². The second-order valence-electron chi connectivity index (χ2n) is 2.86. The summed E-state index contributed by atoms with van der Waals surface area (Å²) in [4.78, 5) is 0. The molecule has 1 aliphatic rings. The molecule has 0 heteroatoms. The van der Waals surface area contributed by atoms with Crippen molar-refractivity contribution in [1.29, 1.82) is 0 Å². The fourth-order valence-electron chi connectivity index (χ4n) is 1.31. The average molecular weight is 146 g/mol. The maximum atomic E-state index is 5.12. The largest absolute Gasteiger partial charge is 0.120 e. The SMILES string of the molecule is C#CCC=CC1C=CCCC1. The van der Waals surface area contributed by atoms with Crippen LogP contribution in [0.1, 0.15) is 25.7 Å². The molecule has 0 saturated carbocycles. The van der Waals surface area contributed by atoms with E-state index in [9.17, 15) is 0 Å². The molecule has 1 aliphatic carbocycles. The highest BCUT2D eigenvalue weighted by Gasteiger charge is 2.02. The molecule has 0 spiro atoms. The molecule has 0 aliphatic heterocycles. The molecule has 1 atom stereocenters. The summed E-state index contributed by atoms with van der Waals surface area (Å²) < 4.78 is 0. The van der Waals surface area contributed by atoms with Crippen LogP contribution in [0.15, 0.2) is 24.3 Å². The molecule has 58 valence electrons. The topological polar surface area (TPSA) is 0 Å². The van der Waals surface area contributed by atoms with Crippen LogP contribution in [0, 0.1) is 18.3 Å². The standard InChI is InChI=1S/C11H14/c1-2-3-5-8-11-9-6-4-7-10-11/h1,5-6,8-9,11H,3-4,7,10H2. The minimum Gasteiger partial charge on any atom is -0.120 e. The lowest BCUT2D eigenvalue weighted by Crippen LogP contribution is -1.95. The van der Waals surface area contributed by atoms with Gasteiger partial charge in [-0.1, -0.05) is 24.3 Å². The summed E-state index contributed by atoms with van der Waals surface area (Å²) in [5.74, 6) is 3.25. The lowest BCUT2D eigenvalue weighted by atomic mass is 9.95. The number of terminal acetylenes is 1. The molecule has 0 aromatic carbocycles. The van der Waals surface area contributed by atoms with Crippen LogP contribution in [0.2, 0.25) is 0 Å². The Morgan fingerprint density at radius 1 is 1.64 bits per heavy atom. The van der Waals surface area contributed by atoms with E-state index in [2.05, 4.69) is 30.2 Å². The van der Waals surface area contributed by atoms with Gasteiger partial charge >= 0.3 is 0 Å². The average Bonchev–Trinajstić information content (AvgIpc) is 2.07. The van der Waals surface area contributed by atoms with Crippen molar-refractivity contribution >= 4 is 0 Å². The molecule has 0 radical (unpaired) electrons. The van der Waals surface area contributed by atoms with Crippen LogP contribution in [0.4, 0.5) is 0 Å². The molecule has 0 N–H and O–H groups in total. The van der Waals surface area contributed by atoms with E-state index in [4.69, 9.17) is 6.42 Å². The van der Waals surface area contributed by atoms with Crippen molar-refractivity contribution in [1.82, 2.24) is 0 Å². The summed E-state index contributed by atoms with van der Waals surface area (Å²) in [5.41, 5.74) is 0. The summed E-state index contributed by atoms with van der Waals surface area (Å²) in [5, 5.41) is 0. The van der Waals surface area contributed by atoms with Crippen LogP contribution in [0.5, 0.6) is 0 Å². The Labute approximate surface area is 69.0 Å². The van der Waals surface area contributed by atoms with Gasteiger partial charge in [-0.2, -0.15) is 0 Å². The van der Waals surface area contributed by atoms with Crippen LogP contribution < -0.4 is 0 Å². The normalized spacial score (nSPS) is 23.7. The van der Waals surface area contributed by atoms with E-state index >= 15 is 0 Å². The van der Waals surface area contributed by atoms with Crippen molar-refractivity contribution < 1.29 is 0 Å². The molecule has 0 aromatic rings. The fourth-order valence-corrected chi connectivity index (χ4v) is 1.31. The van der Waals surface area contributed by atoms with Crippen molar-refractivity contribution in [3.05, 3.63) is 24.3 Å². The zero-order valence-electron chi connectivity index (χ0n) is 6.79. The monoisotopic (exact) mass is 146 g/mol. The first-order valence-electron chi connectivity index (χ1n) is 4.20.